The van der Waals surface area contributed by atoms with E-state index in [1.807, 2.05) is 0 Å². The molecule has 0 fully saturated rings. The number of amides is 1. The minimum absolute atomic E-state index is 0.127. The smallest absolute Gasteiger partial charge is 0.222 e. The van der Waals surface area contributed by atoms with Crippen molar-refractivity contribution in [2.45, 2.75) is 10.6 Å². The summed E-state index contributed by atoms with van der Waals surface area (Å²) >= 11 is -0.838. The molecule has 12 heavy (non-hydrogen) atoms. The summed E-state index contributed by atoms with van der Waals surface area (Å²) in [6, 6.07) is 3.14. The molecule has 0 bridgehead atoms. The zero-order valence-corrected chi connectivity index (χ0v) is 7.65. The van der Waals surface area contributed by atoms with Crippen molar-refractivity contribution >= 4 is 28.3 Å². The van der Waals surface area contributed by atoms with E-state index >= 15 is 0 Å². The fourth-order valence-electron chi connectivity index (χ4n) is 0.719. The van der Waals surface area contributed by atoms with Crippen LogP contribution in [0.3, 0.4) is 0 Å². The highest BCUT2D eigenvalue weighted by atomic mass is 32.2. The van der Waals surface area contributed by atoms with Gasteiger partial charge in [0, 0.05) is 4.88 Å². The van der Waals surface area contributed by atoms with Crippen molar-refractivity contribution in [3.05, 3.63) is 17.0 Å². The molecule has 66 valence electrons. The fraction of sp³-hybridized carbons (Fsp3) is 0.167. The van der Waals surface area contributed by atoms with Gasteiger partial charge < -0.3 is 10.3 Å². The van der Waals surface area contributed by atoms with Gasteiger partial charge in [-0.3, -0.25) is 4.79 Å². The molecule has 0 aliphatic rings. The largest absolute Gasteiger partial charge is 0.369 e. The van der Waals surface area contributed by atoms with Crippen molar-refractivity contribution in [2.24, 2.45) is 5.73 Å². The Labute approximate surface area is 75.7 Å². The molecule has 0 aliphatic carbocycles. The maximum Gasteiger partial charge on any atom is 0.222 e. The molecule has 0 saturated carbocycles. The van der Waals surface area contributed by atoms with Gasteiger partial charge in [0.1, 0.15) is 4.21 Å². The minimum atomic E-state index is -1.96. The normalized spacial score (nSPS) is 12.8. The first-order valence-electron chi connectivity index (χ1n) is 3.07. The molecule has 0 saturated heterocycles. The van der Waals surface area contributed by atoms with Crippen molar-refractivity contribution in [2.75, 3.05) is 0 Å². The Balaban J connectivity index is 2.77. The maximum atomic E-state index is 10.5. The second-order valence-electron chi connectivity index (χ2n) is 2.11. The average molecular weight is 205 g/mol. The summed E-state index contributed by atoms with van der Waals surface area (Å²) in [7, 11) is 0. The predicted molar refractivity (Wildman–Crippen MR) is 46.3 cm³/mol. The van der Waals surface area contributed by atoms with Crippen LogP contribution in [-0.4, -0.2) is 14.7 Å². The van der Waals surface area contributed by atoms with Crippen molar-refractivity contribution in [1.29, 1.82) is 0 Å². The molecule has 3 N–H and O–H groups in total. The highest BCUT2D eigenvalue weighted by Crippen LogP contribution is 2.19. The summed E-state index contributed by atoms with van der Waals surface area (Å²) in [5.41, 5.74) is 4.94. The summed E-state index contributed by atoms with van der Waals surface area (Å²) in [4.78, 5) is 11.1. The van der Waals surface area contributed by atoms with Gasteiger partial charge in [0.05, 0.1) is 6.42 Å². The van der Waals surface area contributed by atoms with E-state index in [9.17, 15) is 9.00 Å². The Kier molecular flexibility index (Phi) is 2.96. The number of hydrogen-bond donors (Lipinski definition) is 2. The third-order valence-electron chi connectivity index (χ3n) is 1.16. The lowest BCUT2D eigenvalue weighted by molar-refractivity contribution is -0.117. The van der Waals surface area contributed by atoms with Crippen LogP contribution in [0.25, 0.3) is 0 Å². The number of rotatable bonds is 3. The van der Waals surface area contributed by atoms with Crippen LogP contribution in [0.2, 0.25) is 0 Å². The molecule has 1 unspecified atom stereocenters. The van der Waals surface area contributed by atoms with Crippen LogP contribution in [0, 0.1) is 0 Å². The van der Waals surface area contributed by atoms with Crippen LogP contribution in [-0.2, 0) is 22.3 Å². The molecule has 0 radical (unpaired) electrons. The van der Waals surface area contributed by atoms with Crippen molar-refractivity contribution in [3.8, 4) is 0 Å². The van der Waals surface area contributed by atoms with Crippen LogP contribution < -0.4 is 5.73 Å². The zero-order valence-electron chi connectivity index (χ0n) is 6.02. The molecule has 1 rings (SSSR count). The highest BCUT2D eigenvalue weighted by Gasteiger charge is 2.06. The lowest BCUT2D eigenvalue weighted by atomic mass is 10.3. The Morgan fingerprint density at radius 1 is 1.67 bits per heavy atom. The SMILES string of the molecule is NC(=O)Cc1ccc(S(=O)O)s1. The van der Waals surface area contributed by atoms with Crippen LogP contribution in [0.4, 0.5) is 0 Å². The number of thiophene rings is 1. The molecule has 6 heteroatoms. The van der Waals surface area contributed by atoms with Crippen molar-refractivity contribution in [1.82, 2.24) is 0 Å². The van der Waals surface area contributed by atoms with Gasteiger partial charge in [-0.1, -0.05) is 0 Å². The number of carbonyl (C=O) groups excluding carboxylic acids is 1. The first-order valence-corrected chi connectivity index (χ1v) is 5.00. The quantitative estimate of drug-likeness (QED) is 0.699. The molecule has 1 atom stereocenters. The van der Waals surface area contributed by atoms with Crippen molar-refractivity contribution in [3.63, 3.8) is 0 Å². The molecule has 0 aliphatic heterocycles. The molecule has 1 aromatic heterocycles. The van der Waals surface area contributed by atoms with Gasteiger partial charge >= 0.3 is 0 Å². The lowest BCUT2D eigenvalue weighted by Gasteiger charge is -1.88. The summed E-state index contributed by atoms with van der Waals surface area (Å²) < 4.78 is 19.5. The van der Waals surface area contributed by atoms with Crippen LogP contribution in [0.15, 0.2) is 16.3 Å². The molecule has 1 aromatic rings. The van der Waals surface area contributed by atoms with E-state index in [1.54, 1.807) is 6.07 Å². The Morgan fingerprint density at radius 2 is 2.33 bits per heavy atom. The summed E-state index contributed by atoms with van der Waals surface area (Å²) in [6.45, 7) is 0. The van der Waals surface area contributed by atoms with E-state index in [2.05, 4.69) is 0 Å². The van der Waals surface area contributed by atoms with E-state index in [0.717, 1.165) is 11.3 Å². The first kappa shape index (κ1) is 9.37. The van der Waals surface area contributed by atoms with Gasteiger partial charge in [-0.25, -0.2) is 4.21 Å². The van der Waals surface area contributed by atoms with Crippen LogP contribution in [0.1, 0.15) is 4.88 Å². The van der Waals surface area contributed by atoms with Crippen molar-refractivity contribution < 1.29 is 13.6 Å². The maximum absolute atomic E-state index is 10.5. The molecule has 4 nitrogen and oxygen atoms in total. The average Bonchev–Trinajstić information content (AvgIpc) is 2.34. The van der Waals surface area contributed by atoms with E-state index < -0.39 is 17.0 Å². The van der Waals surface area contributed by atoms with E-state index in [4.69, 9.17) is 10.3 Å². The van der Waals surface area contributed by atoms with Gasteiger partial charge in [-0.15, -0.1) is 11.3 Å². The molecule has 1 amide bonds. The molecule has 0 aromatic carbocycles. The predicted octanol–water partition coefficient (Wildman–Crippen LogP) is 0.357. The topological polar surface area (TPSA) is 80.4 Å². The first-order chi connectivity index (χ1) is 5.59. The van der Waals surface area contributed by atoms with E-state index in [1.165, 1.54) is 6.07 Å². The molecule has 0 spiro atoms. The third kappa shape index (κ3) is 2.40. The minimum Gasteiger partial charge on any atom is -0.369 e. The van der Waals surface area contributed by atoms with Gasteiger partial charge in [-0.2, -0.15) is 0 Å². The number of nitrogens with two attached hydrogens (primary N) is 1. The Bertz CT molecular complexity index is 320. The standard InChI is InChI=1S/C6H7NO3S2/c7-5(8)3-4-1-2-6(11-4)12(9)10/h1-2H,3H2,(H2,7,8)(H,9,10). The molecular weight excluding hydrogens is 198 g/mol. The second-order valence-corrected chi connectivity index (χ2v) is 4.48. The van der Waals surface area contributed by atoms with E-state index in [-0.39, 0.29) is 6.42 Å². The van der Waals surface area contributed by atoms with Crippen LogP contribution in [0.5, 0.6) is 0 Å². The van der Waals surface area contributed by atoms with Gasteiger partial charge in [0.2, 0.25) is 5.91 Å². The monoisotopic (exact) mass is 205 g/mol. The van der Waals surface area contributed by atoms with Gasteiger partial charge in [0.15, 0.2) is 11.1 Å². The van der Waals surface area contributed by atoms with E-state index in [0.29, 0.717) is 9.09 Å². The fourth-order valence-corrected chi connectivity index (χ4v) is 2.25. The van der Waals surface area contributed by atoms with Gasteiger partial charge in [0.25, 0.3) is 0 Å². The third-order valence-corrected chi connectivity index (χ3v) is 3.20. The highest BCUT2D eigenvalue weighted by molar-refractivity contribution is 7.81. The number of hydrogen-bond acceptors (Lipinski definition) is 3. The Morgan fingerprint density at radius 3 is 2.75 bits per heavy atom. The second kappa shape index (κ2) is 3.79. The summed E-state index contributed by atoms with van der Waals surface area (Å²) in [5, 5.41) is 0. The number of primary amides is 1. The molecular formula is C6H7NO3S2. The zero-order chi connectivity index (χ0) is 9.14. The van der Waals surface area contributed by atoms with Crippen LogP contribution >= 0.6 is 11.3 Å². The lowest BCUT2D eigenvalue weighted by Crippen LogP contribution is -2.12. The van der Waals surface area contributed by atoms with Gasteiger partial charge in [-0.05, 0) is 12.1 Å². The summed E-state index contributed by atoms with van der Waals surface area (Å²) in [5.74, 6) is -0.438. The Hall–Kier alpha value is -0.720. The molecule has 1 heterocycles. The number of carbonyl (C=O) groups is 1. The summed E-state index contributed by atoms with van der Waals surface area (Å²) in [6.07, 6.45) is 0.127.